The Morgan fingerprint density at radius 3 is 2.47 bits per heavy atom. The molecule has 0 aliphatic rings. The van der Waals surface area contributed by atoms with Crippen LogP contribution in [0.4, 0.5) is 0 Å². The van der Waals surface area contributed by atoms with Gasteiger partial charge in [0, 0.05) is 19.1 Å². The molecule has 0 bridgehead atoms. The highest BCUT2D eigenvalue weighted by atomic mass is 31.2. The van der Waals surface area contributed by atoms with Crippen molar-refractivity contribution in [2.24, 2.45) is 5.92 Å². The van der Waals surface area contributed by atoms with Crippen LogP contribution in [0.15, 0.2) is 0 Å². The largest absolute Gasteiger partial charge is 0.472 e. The molecule has 7 heteroatoms. The average Bonchev–Trinajstić information content (AvgIpc) is 2.23. The highest BCUT2D eigenvalue weighted by molar-refractivity contribution is 7.47. The zero-order valence-electron chi connectivity index (χ0n) is 11.1. The Balaban J connectivity index is 3.73. The molecule has 0 heterocycles. The molecule has 0 fully saturated rings. The van der Waals surface area contributed by atoms with Gasteiger partial charge in [-0.05, 0) is 21.0 Å². The molecule has 0 aliphatic heterocycles. The maximum Gasteiger partial charge on any atom is 0.472 e. The lowest BCUT2D eigenvalue weighted by Gasteiger charge is -2.16. The number of nitrogens with zero attached hydrogens (tertiary/aromatic N) is 1. The van der Waals surface area contributed by atoms with Crippen LogP contribution in [-0.4, -0.2) is 56.9 Å². The lowest BCUT2D eigenvalue weighted by Crippen LogP contribution is -2.18. The number of phosphoric acid groups is 1. The lowest BCUT2D eigenvalue weighted by molar-refractivity contribution is 0.0753. The Morgan fingerprint density at radius 1 is 1.29 bits per heavy atom. The van der Waals surface area contributed by atoms with Crippen LogP contribution in [0, 0.1) is 5.92 Å². The van der Waals surface area contributed by atoms with Gasteiger partial charge in [0.2, 0.25) is 0 Å². The predicted molar refractivity (Wildman–Crippen MR) is 65.9 cm³/mol. The summed E-state index contributed by atoms with van der Waals surface area (Å²) in [5.41, 5.74) is 0. The highest BCUT2D eigenvalue weighted by Gasteiger charge is 2.21. The van der Waals surface area contributed by atoms with Gasteiger partial charge < -0.3 is 14.5 Å². The smallest absolute Gasteiger partial charge is 0.381 e. The van der Waals surface area contributed by atoms with Gasteiger partial charge in [0.25, 0.3) is 0 Å². The van der Waals surface area contributed by atoms with Crippen molar-refractivity contribution in [2.75, 3.05) is 47.1 Å². The van der Waals surface area contributed by atoms with E-state index in [1.165, 1.54) is 0 Å². The first kappa shape index (κ1) is 17.0. The summed E-state index contributed by atoms with van der Waals surface area (Å²) in [5, 5.41) is 0. The molecule has 17 heavy (non-hydrogen) atoms. The van der Waals surface area contributed by atoms with Crippen LogP contribution in [0.2, 0.25) is 0 Å². The fourth-order valence-electron chi connectivity index (χ4n) is 0.965. The van der Waals surface area contributed by atoms with Crippen LogP contribution in [0.3, 0.4) is 0 Å². The van der Waals surface area contributed by atoms with Crippen LogP contribution >= 0.6 is 7.82 Å². The van der Waals surface area contributed by atoms with E-state index in [9.17, 15) is 9.46 Å². The van der Waals surface area contributed by atoms with Crippen LogP contribution in [0.5, 0.6) is 0 Å². The minimum absolute atomic E-state index is 0.0628. The van der Waals surface area contributed by atoms with Crippen molar-refractivity contribution in [2.45, 2.75) is 13.8 Å². The van der Waals surface area contributed by atoms with Crippen molar-refractivity contribution in [3.8, 4) is 0 Å². The van der Waals surface area contributed by atoms with E-state index in [4.69, 9.17) is 13.8 Å². The monoisotopic (exact) mass is 269 g/mol. The van der Waals surface area contributed by atoms with Crippen LogP contribution < -0.4 is 0 Å². The molecule has 0 saturated carbocycles. The summed E-state index contributed by atoms with van der Waals surface area (Å²) >= 11 is 0. The van der Waals surface area contributed by atoms with Gasteiger partial charge >= 0.3 is 7.82 Å². The Bertz CT molecular complexity index is 237. The maximum absolute atomic E-state index is 11.4. The lowest BCUT2D eigenvalue weighted by atomic mass is 10.2. The number of ether oxygens (including phenoxy) is 1. The fraction of sp³-hybridized carbons (Fsp3) is 1.00. The van der Waals surface area contributed by atoms with Crippen molar-refractivity contribution >= 4 is 7.82 Å². The zero-order chi connectivity index (χ0) is 13.3. The van der Waals surface area contributed by atoms with Crippen LogP contribution in [-0.2, 0) is 18.3 Å². The molecule has 0 rings (SSSR count). The van der Waals surface area contributed by atoms with Crippen LogP contribution in [0.25, 0.3) is 0 Å². The van der Waals surface area contributed by atoms with Gasteiger partial charge in [-0.2, -0.15) is 0 Å². The third-order valence-electron chi connectivity index (χ3n) is 1.92. The van der Waals surface area contributed by atoms with Crippen molar-refractivity contribution in [1.82, 2.24) is 4.90 Å². The Hall–Kier alpha value is 0.0300. The van der Waals surface area contributed by atoms with Gasteiger partial charge in [-0.15, -0.1) is 0 Å². The molecule has 104 valence electrons. The van der Waals surface area contributed by atoms with E-state index in [1.807, 2.05) is 32.8 Å². The predicted octanol–water partition coefficient (Wildman–Crippen LogP) is 1.35. The van der Waals surface area contributed by atoms with Gasteiger partial charge in [0.1, 0.15) is 0 Å². The summed E-state index contributed by atoms with van der Waals surface area (Å²) in [6.45, 7) is 5.80. The van der Waals surface area contributed by atoms with Crippen molar-refractivity contribution in [3.05, 3.63) is 0 Å². The van der Waals surface area contributed by atoms with E-state index in [0.29, 0.717) is 19.8 Å². The SMILES string of the molecule is CCOCC(C)COP(=O)(O)OCCN(C)C. The summed E-state index contributed by atoms with van der Waals surface area (Å²) in [6.07, 6.45) is 0. The summed E-state index contributed by atoms with van der Waals surface area (Å²) in [7, 11) is -0.201. The normalized spacial score (nSPS) is 17.1. The van der Waals surface area contributed by atoms with Crippen molar-refractivity contribution < 1.29 is 23.2 Å². The third-order valence-corrected chi connectivity index (χ3v) is 2.91. The second kappa shape index (κ2) is 9.03. The minimum atomic E-state index is -3.92. The first-order valence-electron chi connectivity index (χ1n) is 5.71. The number of hydrogen-bond donors (Lipinski definition) is 1. The van der Waals surface area contributed by atoms with E-state index < -0.39 is 7.82 Å². The number of hydrogen-bond acceptors (Lipinski definition) is 5. The Morgan fingerprint density at radius 2 is 1.94 bits per heavy atom. The molecule has 0 aromatic rings. The third kappa shape index (κ3) is 10.9. The zero-order valence-corrected chi connectivity index (χ0v) is 12.0. The summed E-state index contributed by atoms with van der Waals surface area (Å²) < 4.78 is 26.3. The molecule has 0 aromatic carbocycles. The molecule has 0 aromatic heterocycles. The van der Waals surface area contributed by atoms with E-state index in [0.717, 1.165) is 0 Å². The quantitative estimate of drug-likeness (QED) is 0.604. The van der Waals surface area contributed by atoms with Crippen molar-refractivity contribution in [3.63, 3.8) is 0 Å². The van der Waals surface area contributed by atoms with E-state index in [2.05, 4.69) is 0 Å². The topological polar surface area (TPSA) is 68.2 Å². The summed E-state index contributed by atoms with van der Waals surface area (Å²) in [5.74, 6) is 0.0628. The summed E-state index contributed by atoms with van der Waals surface area (Å²) in [4.78, 5) is 11.2. The highest BCUT2D eigenvalue weighted by Crippen LogP contribution is 2.43. The van der Waals surface area contributed by atoms with Gasteiger partial charge in [-0.3, -0.25) is 9.05 Å². The summed E-state index contributed by atoms with van der Waals surface area (Å²) in [6, 6.07) is 0. The molecule has 0 aliphatic carbocycles. The number of likely N-dealkylation sites (N-methyl/N-ethyl adjacent to an activating group) is 1. The van der Waals surface area contributed by atoms with Gasteiger partial charge in [-0.1, -0.05) is 6.92 Å². The second-order valence-electron chi connectivity index (χ2n) is 4.17. The average molecular weight is 269 g/mol. The Labute approximate surface area is 103 Å². The molecule has 2 unspecified atom stereocenters. The first-order chi connectivity index (χ1) is 7.87. The van der Waals surface area contributed by atoms with E-state index in [1.54, 1.807) is 0 Å². The molecule has 6 nitrogen and oxygen atoms in total. The molecule has 0 saturated heterocycles. The molecule has 0 spiro atoms. The second-order valence-corrected chi connectivity index (χ2v) is 5.62. The van der Waals surface area contributed by atoms with E-state index in [-0.39, 0.29) is 19.1 Å². The fourth-order valence-corrected chi connectivity index (χ4v) is 1.79. The molecule has 2 atom stereocenters. The molecule has 0 radical (unpaired) electrons. The Kier molecular flexibility index (Phi) is 9.04. The van der Waals surface area contributed by atoms with Gasteiger partial charge in [-0.25, -0.2) is 4.57 Å². The molecular formula is C10H24NO5P. The number of phosphoric ester groups is 1. The van der Waals surface area contributed by atoms with E-state index >= 15 is 0 Å². The first-order valence-corrected chi connectivity index (χ1v) is 7.21. The molecule has 0 amide bonds. The number of rotatable bonds is 10. The maximum atomic E-state index is 11.4. The van der Waals surface area contributed by atoms with Gasteiger partial charge in [0.15, 0.2) is 0 Å². The van der Waals surface area contributed by atoms with Crippen LogP contribution in [0.1, 0.15) is 13.8 Å². The standard InChI is InChI=1S/C10H24NO5P/c1-5-14-8-10(2)9-16-17(12,13)15-7-6-11(3)4/h10H,5-9H2,1-4H3,(H,12,13). The minimum Gasteiger partial charge on any atom is -0.381 e. The molecule has 1 N–H and O–H groups in total. The molecular weight excluding hydrogens is 245 g/mol. The van der Waals surface area contributed by atoms with Gasteiger partial charge in [0.05, 0.1) is 19.8 Å². The van der Waals surface area contributed by atoms with Crippen molar-refractivity contribution in [1.29, 1.82) is 0 Å².